The number of nitrogens with one attached hydrogen (secondary N) is 1. The molecule has 0 bridgehead atoms. The Balaban J connectivity index is 1.72. The number of aryl methyl sites for hydroxylation is 3. The lowest BCUT2D eigenvalue weighted by molar-refractivity contribution is -0.123. The van der Waals surface area contributed by atoms with Crippen LogP contribution in [0.25, 0.3) is 5.69 Å². The third-order valence-corrected chi connectivity index (χ3v) is 6.20. The number of halogens is 1. The van der Waals surface area contributed by atoms with Crippen molar-refractivity contribution in [2.24, 2.45) is 5.10 Å². The van der Waals surface area contributed by atoms with Gasteiger partial charge in [0.1, 0.15) is 5.75 Å². The van der Waals surface area contributed by atoms with Crippen LogP contribution in [0.15, 0.2) is 52.0 Å². The van der Waals surface area contributed by atoms with E-state index in [1.54, 1.807) is 6.21 Å². The van der Waals surface area contributed by atoms with Gasteiger partial charge >= 0.3 is 0 Å². The zero-order valence-electron chi connectivity index (χ0n) is 17.9. The molecular formula is C24H26BrN3O2. The first kappa shape index (κ1) is 21.8. The van der Waals surface area contributed by atoms with Crippen LogP contribution in [0.4, 0.5) is 0 Å². The summed E-state index contributed by atoms with van der Waals surface area (Å²) in [5.41, 5.74) is 10.2. The van der Waals surface area contributed by atoms with E-state index >= 15 is 0 Å². The van der Waals surface area contributed by atoms with Crippen LogP contribution in [0.1, 0.15) is 33.6 Å². The summed E-state index contributed by atoms with van der Waals surface area (Å²) >= 11 is 3.67. The monoisotopic (exact) mass is 467 g/mol. The fraction of sp³-hybridized carbons (Fsp3) is 0.250. The number of benzene rings is 2. The third-order valence-electron chi connectivity index (χ3n) is 5.20. The molecule has 0 fully saturated rings. The van der Waals surface area contributed by atoms with Crippen molar-refractivity contribution < 1.29 is 9.53 Å². The number of amides is 1. The highest BCUT2D eigenvalue weighted by atomic mass is 79.9. The van der Waals surface area contributed by atoms with Crippen molar-refractivity contribution >= 4 is 28.1 Å². The van der Waals surface area contributed by atoms with E-state index in [1.165, 1.54) is 11.1 Å². The molecule has 0 aliphatic carbocycles. The van der Waals surface area contributed by atoms with E-state index in [0.717, 1.165) is 32.7 Å². The van der Waals surface area contributed by atoms with Crippen molar-refractivity contribution in [1.29, 1.82) is 0 Å². The lowest BCUT2D eigenvalue weighted by atomic mass is 10.1. The van der Waals surface area contributed by atoms with Gasteiger partial charge in [-0.1, -0.05) is 24.3 Å². The number of carbonyl (C=O) groups excluding carboxylic acids is 1. The summed E-state index contributed by atoms with van der Waals surface area (Å²) in [4.78, 5) is 12.1. The smallest absolute Gasteiger partial charge is 0.277 e. The molecule has 3 aromatic rings. The minimum atomic E-state index is -0.311. The number of carbonyl (C=O) groups is 1. The van der Waals surface area contributed by atoms with Crippen molar-refractivity contribution in [2.75, 3.05) is 6.61 Å². The van der Waals surface area contributed by atoms with Crippen molar-refractivity contribution in [3.05, 3.63) is 80.6 Å². The molecule has 1 heterocycles. The van der Waals surface area contributed by atoms with Gasteiger partial charge in [-0.2, -0.15) is 5.10 Å². The Morgan fingerprint density at radius 3 is 2.47 bits per heavy atom. The summed E-state index contributed by atoms with van der Waals surface area (Å²) in [6, 6.07) is 14.0. The molecule has 0 spiro atoms. The van der Waals surface area contributed by atoms with Gasteiger partial charge in [-0.25, -0.2) is 5.43 Å². The van der Waals surface area contributed by atoms with Gasteiger partial charge in [-0.3, -0.25) is 4.79 Å². The van der Waals surface area contributed by atoms with Crippen LogP contribution < -0.4 is 10.2 Å². The van der Waals surface area contributed by atoms with E-state index in [-0.39, 0.29) is 12.5 Å². The van der Waals surface area contributed by atoms with E-state index in [4.69, 9.17) is 4.74 Å². The highest BCUT2D eigenvalue weighted by molar-refractivity contribution is 9.10. The van der Waals surface area contributed by atoms with Crippen LogP contribution in [-0.2, 0) is 4.79 Å². The molecule has 30 heavy (non-hydrogen) atoms. The maximum Gasteiger partial charge on any atom is 0.277 e. The Kier molecular flexibility index (Phi) is 6.77. The second-order valence-corrected chi connectivity index (χ2v) is 8.14. The number of nitrogens with zero attached hydrogens (tertiary/aromatic N) is 2. The maximum atomic E-state index is 12.1. The molecule has 0 unspecified atom stereocenters. The molecule has 0 saturated carbocycles. The summed E-state index contributed by atoms with van der Waals surface area (Å²) in [6.07, 6.45) is 1.66. The van der Waals surface area contributed by atoms with Crippen molar-refractivity contribution in [3.8, 4) is 11.4 Å². The Hall–Kier alpha value is -2.86. The van der Waals surface area contributed by atoms with E-state index in [1.807, 2.05) is 38.1 Å². The average molecular weight is 468 g/mol. The number of hydrazone groups is 1. The number of ether oxygens (including phenoxy) is 1. The molecule has 1 amide bonds. The molecular weight excluding hydrogens is 442 g/mol. The number of hydrogen-bond acceptors (Lipinski definition) is 3. The van der Waals surface area contributed by atoms with Crippen molar-refractivity contribution in [3.63, 3.8) is 0 Å². The molecule has 6 heteroatoms. The predicted molar refractivity (Wildman–Crippen MR) is 125 cm³/mol. The highest BCUT2D eigenvalue weighted by Gasteiger charge is 2.16. The minimum Gasteiger partial charge on any atom is -0.483 e. The normalized spacial score (nSPS) is 11.1. The van der Waals surface area contributed by atoms with Crippen LogP contribution in [0, 0.1) is 34.6 Å². The fourth-order valence-corrected chi connectivity index (χ4v) is 3.86. The average Bonchev–Trinajstić information content (AvgIpc) is 2.93. The van der Waals surface area contributed by atoms with Crippen LogP contribution in [0.5, 0.6) is 5.75 Å². The number of aromatic nitrogens is 1. The van der Waals surface area contributed by atoms with Crippen LogP contribution in [0.2, 0.25) is 0 Å². The van der Waals surface area contributed by atoms with Crippen LogP contribution >= 0.6 is 15.9 Å². The first-order valence-electron chi connectivity index (χ1n) is 9.75. The van der Waals surface area contributed by atoms with E-state index < -0.39 is 0 Å². The minimum absolute atomic E-state index is 0.0922. The van der Waals surface area contributed by atoms with Gasteiger partial charge in [0.15, 0.2) is 6.61 Å². The van der Waals surface area contributed by atoms with Crippen molar-refractivity contribution in [2.45, 2.75) is 34.6 Å². The van der Waals surface area contributed by atoms with Gasteiger partial charge < -0.3 is 9.30 Å². The Labute approximate surface area is 185 Å². The molecule has 1 aromatic heterocycles. The molecule has 0 aliphatic heterocycles. The molecule has 5 nitrogen and oxygen atoms in total. The third kappa shape index (κ3) is 4.65. The topological polar surface area (TPSA) is 55.6 Å². The molecule has 2 aromatic carbocycles. The van der Waals surface area contributed by atoms with Gasteiger partial charge in [0.2, 0.25) is 0 Å². The lowest BCUT2D eigenvalue weighted by Gasteiger charge is -2.11. The Morgan fingerprint density at radius 2 is 1.77 bits per heavy atom. The summed E-state index contributed by atoms with van der Waals surface area (Å²) < 4.78 is 8.68. The molecule has 0 radical (unpaired) electrons. The quantitative estimate of drug-likeness (QED) is 0.394. The van der Waals surface area contributed by atoms with Gasteiger partial charge in [-0.05, 0) is 85.4 Å². The van der Waals surface area contributed by atoms with E-state index in [9.17, 15) is 4.79 Å². The van der Waals surface area contributed by atoms with Crippen molar-refractivity contribution in [1.82, 2.24) is 9.99 Å². The summed E-state index contributed by atoms with van der Waals surface area (Å²) in [6.45, 7) is 10.2. The van der Waals surface area contributed by atoms with E-state index in [2.05, 4.69) is 70.0 Å². The lowest BCUT2D eigenvalue weighted by Crippen LogP contribution is -2.24. The standard InChI is InChI=1S/C24H26BrN3O2/c1-15-10-11-20(12-17(15)3)28-18(4)21(24(25)19(28)5)13-26-27-23(29)14-30-22-9-7-6-8-16(22)2/h6-13H,14H2,1-5H3,(H,27,29)/b26-13-. The summed E-state index contributed by atoms with van der Waals surface area (Å²) in [5.74, 6) is 0.380. The molecule has 0 saturated heterocycles. The van der Waals surface area contributed by atoms with Gasteiger partial charge in [0, 0.05) is 27.1 Å². The zero-order chi connectivity index (χ0) is 21.8. The first-order chi connectivity index (χ1) is 14.3. The second kappa shape index (κ2) is 9.30. The Bertz CT molecular complexity index is 1120. The second-order valence-electron chi connectivity index (χ2n) is 7.35. The van der Waals surface area contributed by atoms with Crippen LogP contribution in [0.3, 0.4) is 0 Å². The molecule has 1 N–H and O–H groups in total. The molecule has 3 rings (SSSR count). The highest BCUT2D eigenvalue weighted by Crippen LogP contribution is 2.30. The van der Waals surface area contributed by atoms with Gasteiger partial charge in [0.25, 0.3) is 5.91 Å². The Morgan fingerprint density at radius 1 is 1.03 bits per heavy atom. The number of rotatable bonds is 6. The van der Waals surface area contributed by atoms with E-state index in [0.29, 0.717) is 5.75 Å². The van der Waals surface area contributed by atoms with Crippen LogP contribution in [-0.4, -0.2) is 23.3 Å². The first-order valence-corrected chi connectivity index (χ1v) is 10.5. The molecule has 0 atom stereocenters. The molecule has 0 aliphatic rings. The summed E-state index contributed by atoms with van der Waals surface area (Å²) in [7, 11) is 0. The zero-order valence-corrected chi connectivity index (χ0v) is 19.5. The summed E-state index contributed by atoms with van der Waals surface area (Å²) in [5, 5.41) is 4.13. The maximum absolute atomic E-state index is 12.1. The van der Waals surface area contributed by atoms with Gasteiger partial charge in [-0.15, -0.1) is 0 Å². The number of hydrogen-bond donors (Lipinski definition) is 1. The SMILES string of the molecule is Cc1ccc(-n2c(C)c(Br)c(/C=N\NC(=O)COc3ccccc3C)c2C)cc1C. The van der Waals surface area contributed by atoms with Gasteiger partial charge in [0.05, 0.1) is 6.21 Å². The fourth-order valence-electron chi connectivity index (χ4n) is 3.29. The number of para-hydroxylation sites is 1. The largest absolute Gasteiger partial charge is 0.483 e. The predicted octanol–water partition coefficient (Wildman–Crippen LogP) is 5.31. The molecule has 156 valence electrons.